The molecule has 188 valence electrons. The third kappa shape index (κ3) is 5.78. The Balaban J connectivity index is 1.47. The minimum absolute atomic E-state index is 0.0371. The van der Waals surface area contributed by atoms with E-state index in [0.29, 0.717) is 27.2 Å². The number of hydrogen-bond acceptors (Lipinski definition) is 7. The lowest BCUT2D eigenvalue weighted by Gasteiger charge is -2.26. The topological polar surface area (TPSA) is 134 Å². The number of phenolic OH excluding ortho intramolecular Hbond substituents is 1. The summed E-state index contributed by atoms with van der Waals surface area (Å²) in [4.78, 5) is 50.8. The van der Waals surface area contributed by atoms with Crippen molar-refractivity contribution in [3.63, 3.8) is 0 Å². The summed E-state index contributed by atoms with van der Waals surface area (Å²) in [5.41, 5.74) is 0.908. The van der Waals surface area contributed by atoms with Crippen molar-refractivity contribution in [3.8, 4) is 17.2 Å². The second-order valence-corrected chi connectivity index (χ2v) is 8.56. The molecule has 37 heavy (non-hydrogen) atoms. The van der Waals surface area contributed by atoms with Gasteiger partial charge >= 0.3 is 6.03 Å². The van der Waals surface area contributed by atoms with Crippen molar-refractivity contribution >= 4 is 57.1 Å². The molecule has 1 fully saturated rings. The predicted molar refractivity (Wildman–Crippen MR) is 138 cm³/mol. The van der Waals surface area contributed by atoms with Crippen LogP contribution >= 0.6 is 15.9 Å². The lowest BCUT2D eigenvalue weighted by Crippen LogP contribution is -2.54. The minimum atomic E-state index is -0.894. The number of urea groups is 1. The number of nitrogens with one attached hydrogen (secondary N) is 2. The Morgan fingerprint density at radius 3 is 2.49 bits per heavy atom. The normalized spacial score (nSPS) is 14.4. The van der Waals surface area contributed by atoms with Gasteiger partial charge in [-0.05, 0) is 76.1 Å². The van der Waals surface area contributed by atoms with E-state index in [1.54, 1.807) is 42.5 Å². The highest BCUT2D eigenvalue weighted by Gasteiger charge is 2.36. The molecule has 5 amide bonds. The van der Waals surface area contributed by atoms with E-state index in [9.17, 15) is 24.3 Å². The molecule has 0 aliphatic carbocycles. The maximum absolute atomic E-state index is 13.0. The summed E-state index contributed by atoms with van der Waals surface area (Å²) in [5.74, 6) is -1.21. The van der Waals surface area contributed by atoms with Crippen LogP contribution in [0.5, 0.6) is 17.2 Å². The average Bonchev–Trinajstić information content (AvgIpc) is 2.87. The highest BCUT2D eigenvalue weighted by Crippen LogP contribution is 2.29. The number of rotatable bonds is 7. The number of carbonyl (C=O) groups excluding carboxylic acids is 4. The number of barbiturate groups is 1. The average molecular weight is 566 g/mol. The molecule has 0 atom stereocenters. The Kier molecular flexibility index (Phi) is 7.54. The maximum atomic E-state index is 13.0. The fraction of sp³-hybridized carbons (Fsp3) is 0.0769. The molecule has 1 heterocycles. The number of nitrogens with zero attached hydrogens (tertiary/aromatic N) is 1. The molecular formula is C26H20BrN3O7. The van der Waals surface area contributed by atoms with Crippen molar-refractivity contribution in [1.29, 1.82) is 0 Å². The molecule has 1 aliphatic rings. The van der Waals surface area contributed by atoms with Gasteiger partial charge < -0.3 is 19.9 Å². The van der Waals surface area contributed by atoms with Crippen molar-refractivity contribution in [2.75, 3.05) is 23.9 Å². The van der Waals surface area contributed by atoms with Gasteiger partial charge in [-0.25, -0.2) is 9.69 Å². The molecule has 11 heteroatoms. The van der Waals surface area contributed by atoms with Gasteiger partial charge in [0.25, 0.3) is 17.7 Å². The number of hydrogen-bond donors (Lipinski definition) is 3. The van der Waals surface area contributed by atoms with Gasteiger partial charge in [-0.2, -0.15) is 0 Å². The molecule has 0 bridgehead atoms. The van der Waals surface area contributed by atoms with Crippen LogP contribution in [-0.4, -0.2) is 42.6 Å². The Hall–Kier alpha value is -4.64. The summed E-state index contributed by atoms with van der Waals surface area (Å²) in [6.07, 6.45) is 1.33. The van der Waals surface area contributed by atoms with E-state index in [1.165, 1.54) is 37.5 Å². The van der Waals surface area contributed by atoms with E-state index >= 15 is 0 Å². The van der Waals surface area contributed by atoms with Crippen LogP contribution in [0.2, 0.25) is 0 Å². The fourth-order valence-electron chi connectivity index (χ4n) is 3.46. The largest absolute Gasteiger partial charge is 0.508 e. The van der Waals surface area contributed by atoms with E-state index in [2.05, 4.69) is 26.6 Å². The predicted octanol–water partition coefficient (Wildman–Crippen LogP) is 3.85. The summed E-state index contributed by atoms with van der Waals surface area (Å²) in [5, 5.41) is 14.3. The molecule has 0 aromatic heterocycles. The highest BCUT2D eigenvalue weighted by molar-refractivity contribution is 9.10. The SMILES string of the molecule is COc1ccccc1NC(=O)COc1ccc(/C=C2/C(=O)NC(=O)N(c3ccc(O)cc3)C2=O)cc1Br. The van der Waals surface area contributed by atoms with Crippen molar-refractivity contribution in [1.82, 2.24) is 5.32 Å². The number of para-hydroxylation sites is 2. The standard InChI is InChI=1S/C26H20BrN3O7/c1-36-22-5-3-2-4-20(22)28-23(32)14-37-21-11-6-15(13-19(21)27)12-18-24(33)29-26(35)30(25(18)34)16-7-9-17(31)10-8-16/h2-13,31H,14H2,1H3,(H,28,32)(H,29,33,35)/b18-12-. The van der Waals surface area contributed by atoms with Crippen LogP contribution < -0.4 is 25.0 Å². The van der Waals surface area contributed by atoms with Gasteiger partial charge in [0.15, 0.2) is 6.61 Å². The van der Waals surface area contributed by atoms with Crippen LogP contribution in [0.25, 0.3) is 6.08 Å². The zero-order valence-electron chi connectivity index (χ0n) is 19.4. The van der Waals surface area contributed by atoms with Crippen LogP contribution in [0.1, 0.15) is 5.56 Å². The lowest BCUT2D eigenvalue weighted by atomic mass is 10.1. The summed E-state index contributed by atoms with van der Waals surface area (Å²) in [7, 11) is 1.50. The number of phenols is 1. The smallest absolute Gasteiger partial charge is 0.335 e. The zero-order valence-corrected chi connectivity index (χ0v) is 20.9. The number of anilines is 2. The van der Waals surface area contributed by atoms with Gasteiger partial charge in [0.05, 0.1) is 23.0 Å². The third-order valence-corrected chi connectivity index (χ3v) is 5.84. The summed E-state index contributed by atoms with van der Waals surface area (Å²) in [6.45, 7) is -0.276. The van der Waals surface area contributed by atoms with Crippen LogP contribution in [0.15, 0.2) is 76.8 Å². The number of ether oxygens (including phenoxy) is 2. The fourth-order valence-corrected chi connectivity index (χ4v) is 3.97. The molecule has 3 aromatic carbocycles. The summed E-state index contributed by atoms with van der Waals surface area (Å²) in [6, 6.07) is 16.2. The number of methoxy groups -OCH3 is 1. The van der Waals surface area contributed by atoms with E-state index < -0.39 is 23.8 Å². The van der Waals surface area contributed by atoms with Gasteiger partial charge in [0.2, 0.25) is 0 Å². The Bertz CT molecular complexity index is 1420. The molecule has 0 spiro atoms. The Labute approximate surface area is 219 Å². The number of halogens is 1. The first-order valence-corrected chi connectivity index (χ1v) is 11.6. The minimum Gasteiger partial charge on any atom is -0.508 e. The second kappa shape index (κ2) is 11.0. The first-order chi connectivity index (χ1) is 17.8. The molecular weight excluding hydrogens is 546 g/mol. The van der Waals surface area contributed by atoms with Crippen molar-refractivity contribution in [3.05, 3.63) is 82.3 Å². The van der Waals surface area contributed by atoms with Crippen LogP contribution in [0.3, 0.4) is 0 Å². The second-order valence-electron chi connectivity index (χ2n) is 7.70. The number of benzene rings is 3. The van der Waals surface area contributed by atoms with Crippen LogP contribution in [0, 0.1) is 0 Å². The van der Waals surface area contributed by atoms with Gasteiger partial charge in [0, 0.05) is 0 Å². The molecule has 3 N–H and O–H groups in total. The number of carbonyl (C=O) groups is 4. The summed E-state index contributed by atoms with van der Waals surface area (Å²) < 4.78 is 11.3. The monoisotopic (exact) mass is 565 g/mol. The maximum Gasteiger partial charge on any atom is 0.335 e. The number of amides is 5. The highest BCUT2D eigenvalue weighted by atomic mass is 79.9. The molecule has 1 saturated heterocycles. The number of imide groups is 2. The van der Waals surface area contributed by atoms with Crippen LogP contribution in [-0.2, 0) is 14.4 Å². The first kappa shape index (κ1) is 25.5. The van der Waals surface area contributed by atoms with Gasteiger partial charge in [0.1, 0.15) is 22.8 Å². The first-order valence-electron chi connectivity index (χ1n) is 10.8. The van der Waals surface area contributed by atoms with Crippen molar-refractivity contribution in [2.24, 2.45) is 0 Å². The zero-order chi connectivity index (χ0) is 26.5. The van der Waals surface area contributed by atoms with Gasteiger partial charge in [-0.15, -0.1) is 0 Å². The van der Waals surface area contributed by atoms with Gasteiger partial charge in [-0.3, -0.25) is 19.7 Å². The number of aromatic hydroxyl groups is 1. The van der Waals surface area contributed by atoms with Gasteiger partial charge in [-0.1, -0.05) is 18.2 Å². The van der Waals surface area contributed by atoms with E-state index in [-0.39, 0.29) is 23.6 Å². The van der Waals surface area contributed by atoms with E-state index in [0.717, 1.165) is 4.90 Å². The van der Waals surface area contributed by atoms with Crippen molar-refractivity contribution < 1.29 is 33.8 Å². The molecule has 0 saturated carbocycles. The van der Waals surface area contributed by atoms with Crippen LogP contribution in [0.4, 0.5) is 16.2 Å². The summed E-state index contributed by atoms with van der Waals surface area (Å²) >= 11 is 3.37. The van der Waals surface area contributed by atoms with E-state index in [1.807, 2.05) is 0 Å². The van der Waals surface area contributed by atoms with Crippen molar-refractivity contribution in [2.45, 2.75) is 0 Å². The molecule has 1 aliphatic heterocycles. The Morgan fingerprint density at radius 2 is 1.78 bits per heavy atom. The molecule has 3 aromatic rings. The molecule has 0 unspecified atom stereocenters. The quantitative estimate of drug-likeness (QED) is 0.292. The third-order valence-electron chi connectivity index (χ3n) is 5.22. The molecule has 0 radical (unpaired) electrons. The molecule has 10 nitrogen and oxygen atoms in total. The Morgan fingerprint density at radius 1 is 1.05 bits per heavy atom. The lowest BCUT2D eigenvalue weighted by molar-refractivity contribution is -0.122. The molecule has 4 rings (SSSR count). The van der Waals surface area contributed by atoms with E-state index in [4.69, 9.17) is 9.47 Å².